The Morgan fingerprint density at radius 1 is 1.12 bits per heavy atom. The molecule has 2 fully saturated rings. The Balaban J connectivity index is 1.36. The number of allylic oxidation sites excluding steroid dienone is 4. The predicted molar refractivity (Wildman–Crippen MR) is 161 cm³/mol. The second-order valence-corrected chi connectivity index (χ2v) is 12.8. The minimum atomic E-state index is -1.01. The highest BCUT2D eigenvalue weighted by atomic mass is 16.5. The van der Waals surface area contributed by atoms with E-state index in [9.17, 15) is 19.5 Å². The first-order valence-corrected chi connectivity index (χ1v) is 15.4. The van der Waals surface area contributed by atoms with Gasteiger partial charge in [-0.25, -0.2) is 0 Å². The lowest BCUT2D eigenvalue weighted by molar-refractivity contribution is -0.147. The Labute approximate surface area is 249 Å². The summed E-state index contributed by atoms with van der Waals surface area (Å²) in [6, 6.07) is 8.70. The van der Waals surface area contributed by atoms with Gasteiger partial charge in [-0.15, -0.1) is 5.92 Å². The van der Waals surface area contributed by atoms with Gasteiger partial charge in [0, 0.05) is 37.0 Å². The molecule has 2 N–H and O–H groups in total. The molecule has 1 aromatic carbocycles. The SMILES string of the molecule is CC#C[C@]1(O)CC[C@H]2[C@@H]3CCC4=CC(=O)CCC4=C3[C@@H](c3ccc(N(C)CCCOC(=O)CCC(=O)O)cc3)C[C@@]21C. The summed E-state index contributed by atoms with van der Waals surface area (Å²) in [5, 5.41) is 20.6. The maximum absolute atomic E-state index is 12.3. The number of aliphatic carboxylic acids is 1. The van der Waals surface area contributed by atoms with Gasteiger partial charge in [0.25, 0.3) is 0 Å². The van der Waals surface area contributed by atoms with Crippen LogP contribution in [0.1, 0.15) is 89.5 Å². The number of ether oxygens (including phenoxy) is 1. The second-order valence-electron chi connectivity index (χ2n) is 12.8. The lowest BCUT2D eigenvalue weighted by Crippen LogP contribution is -2.51. The monoisotopic (exact) mass is 573 g/mol. The molecule has 1 aromatic rings. The maximum atomic E-state index is 12.3. The fourth-order valence-electron chi connectivity index (χ4n) is 8.24. The zero-order valence-corrected chi connectivity index (χ0v) is 25.1. The number of ketones is 1. The zero-order chi connectivity index (χ0) is 30.1. The summed E-state index contributed by atoms with van der Waals surface area (Å²) in [6.45, 7) is 5.02. The molecule has 0 unspecified atom stereocenters. The number of hydrogen-bond acceptors (Lipinski definition) is 6. The second kappa shape index (κ2) is 12.1. The highest BCUT2D eigenvalue weighted by Gasteiger charge is 2.62. The van der Waals surface area contributed by atoms with Crippen molar-refractivity contribution in [1.29, 1.82) is 0 Å². The van der Waals surface area contributed by atoms with Crippen LogP contribution in [-0.4, -0.2) is 53.7 Å². The lowest BCUT2D eigenvalue weighted by atomic mass is 9.51. The number of anilines is 1. The zero-order valence-electron chi connectivity index (χ0n) is 25.1. The summed E-state index contributed by atoms with van der Waals surface area (Å²) in [7, 11) is 2.01. The normalized spacial score (nSPS) is 29.9. The molecule has 224 valence electrons. The molecule has 0 saturated heterocycles. The van der Waals surface area contributed by atoms with Crippen molar-refractivity contribution in [2.24, 2.45) is 17.3 Å². The number of carboxylic acids is 1. The third-order valence-electron chi connectivity index (χ3n) is 10.4. The van der Waals surface area contributed by atoms with Crippen LogP contribution in [0.15, 0.2) is 47.1 Å². The lowest BCUT2D eigenvalue weighted by Gasteiger charge is -2.53. The van der Waals surface area contributed by atoms with Crippen molar-refractivity contribution in [3.05, 3.63) is 52.6 Å². The number of esters is 1. The molecule has 0 aromatic heterocycles. The van der Waals surface area contributed by atoms with Crippen LogP contribution in [0.4, 0.5) is 5.69 Å². The molecule has 4 aliphatic carbocycles. The minimum Gasteiger partial charge on any atom is -0.481 e. The van der Waals surface area contributed by atoms with Gasteiger partial charge in [0.1, 0.15) is 5.60 Å². The van der Waals surface area contributed by atoms with Gasteiger partial charge >= 0.3 is 11.9 Å². The average Bonchev–Trinajstić information content (AvgIpc) is 3.23. The molecule has 7 heteroatoms. The van der Waals surface area contributed by atoms with E-state index in [1.807, 2.05) is 20.0 Å². The first kappa shape index (κ1) is 30.1. The van der Waals surface area contributed by atoms with Gasteiger partial charge in [0.15, 0.2) is 5.78 Å². The van der Waals surface area contributed by atoms with Crippen LogP contribution in [0.25, 0.3) is 0 Å². The number of benzene rings is 1. The van der Waals surface area contributed by atoms with E-state index >= 15 is 0 Å². The van der Waals surface area contributed by atoms with Crippen LogP contribution < -0.4 is 4.90 Å². The van der Waals surface area contributed by atoms with E-state index in [1.165, 1.54) is 22.3 Å². The standard InChI is InChI=1S/C35H43NO6/c1-4-17-35(41)18-16-30-28-12-8-24-21-26(37)11-13-27(24)33(28)29(22-34(30,35)2)23-6-9-25(10-7-23)36(3)19-5-20-42-32(40)15-14-31(38)39/h6-7,9-10,21,28-30,41H,5,8,11-16,18-20,22H2,1-3H3,(H,38,39)/t28-,29+,30-,34-,35-/m0/s1. The van der Waals surface area contributed by atoms with Gasteiger partial charge in [-0.2, -0.15) is 0 Å². The molecule has 5 atom stereocenters. The molecule has 0 radical (unpaired) electrons. The molecule has 0 heterocycles. The molecule has 0 bridgehead atoms. The van der Waals surface area contributed by atoms with Crippen molar-refractivity contribution in [3.8, 4) is 11.8 Å². The summed E-state index contributed by atoms with van der Waals surface area (Å²) < 4.78 is 5.17. The molecule has 42 heavy (non-hydrogen) atoms. The topological polar surface area (TPSA) is 104 Å². The van der Waals surface area contributed by atoms with Crippen LogP contribution >= 0.6 is 0 Å². The summed E-state index contributed by atoms with van der Waals surface area (Å²) >= 11 is 0. The van der Waals surface area contributed by atoms with Gasteiger partial charge in [0.2, 0.25) is 0 Å². The average molecular weight is 574 g/mol. The van der Waals surface area contributed by atoms with E-state index in [0.717, 1.165) is 37.8 Å². The molecule has 0 spiro atoms. The largest absolute Gasteiger partial charge is 0.481 e. The third kappa shape index (κ3) is 5.66. The fourth-order valence-corrected chi connectivity index (χ4v) is 8.24. The first-order valence-electron chi connectivity index (χ1n) is 15.4. The van der Waals surface area contributed by atoms with Crippen LogP contribution in [0.5, 0.6) is 0 Å². The molecule has 2 saturated carbocycles. The number of carbonyl (C=O) groups is 3. The number of fused-ring (bicyclic) bond motifs is 4. The van der Waals surface area contributed by atoms with Gasteiger partial charge in [0.05, 0.1) is 19.4 Å². The van der Waals surface area contributed by atoms with Gasteiger partial charge in [-0.3, -0.25) is 14.4 Å². The first-order chi connectivity index (χ1) is 20.1. The molecule has 4 aliphatic rings. The highest BCUT2D eigenvalue weighted by Crippen LogP contribution is 2.66. The number of nitrogens with zero attached hydrogens (tertiary/aromatic N) is 1. The van der Waals surface area contributed by atoms with Crippen molar-refractivity contribution in [1.82, 2.24) is 0 Å². The van der Waals surface area contributed by atoms with Gasteiger partial charge < -0.3 is 19.8 Å². The summed E-state index contributed by atoms with van der Waals surface area (Å²) in [6.07, 6.45) is 8.08. The van der Waals surface area contributed by atoms with Crippen molar-refractivity contribution in [2.45, 2.75) is 89.6 Å². The van der Waals surface area contributed by atoms with E-state index in [4.69, 9.17) is 9.84 Å². The number of carbonyl (C=O) groups excluding carboxylic acids is 2. The van der Waals surface area contributed by atoms with Gasteiger partial charge in [-0.05, 0) is 98.6 Å². The minimum absolute atomic E-state index is 0.109. The van der Waals surface area contributed by atoms with Crippen molar-refractivity contribution >= 4 is 23.4 Å². The van der Waals surface area contributed by atoms with Gasteiger partial charge in [-0.1, -0.05) is 30.6 Å². The predicted octanol–water partition coefficient (Wildman–Crippen LogP) is 5.57. The molecular weight excluding hydrogens is 530 g/mol. The van der Waals surface area contributed by atoms with Crippen molar-refractivity contribution < 1.29 is 29.3 Å². The highest BCUT2D eigenvalue weighted by molar-refractivity contribution is 5.93. The number of rotatable bonds is 9. The fraction of sp³-hybridized carbons (Fsp3) is 0.571. The Morgan fingerprint density at radius 2 is 1.88 bits per heavy atom. The van der Waals surface area contributed by atoms with E-state index in [-0.39, 0.29) is 36.6 Å². The van der Waals surface area contributed by atoms with Crippen molar-refractivity contribution in [3.63, 3.8) is 0 Å². The van der Waals surface area contributed by atoms with E-state index in [0.29, 0.717) is 37.6 Å². The van der Waals surface area contributed by atoms with Crippen LogP contribution in [0.2, 0.25) is 0 Å². The Bertz CT molecular complexity index is 1360. The third-order valence-corrected chi connectivity index (χ3v) is 10.4. The summed E-state index contributed by atoms with van der Waals surface area (Å²) in [4.78, 5) is 36.7. The van der Waals surface area contributed by atoms with Crippen LogP contribution in [0, 0.1) is 29.1 Å². The Kier molecular flexibility index (Phi) is 8.66. The van der Waals surface area contributed by atoms with E-state index in [2.05, 4.69) is 47.9 Å². The Morgan fingerprint density at radius 3 is 2.60 bits per heavy atom. The number of aliphatic hydroxyl groups is 1. The van der Waals surface area contributed by atoms with Crippen LogP contribution in [0.3, 0.4) is 0 Å². The number of carboxylic acid groups (broad SMARTS) is 1. The Hall–Kier alpha value is -3.37. The number of hydrogen-bond donors (Lipinski definition) is 2. The maximum Gasteiger partial charge on any atom is 0.306 e. The van der Waals surface area contributed by atoms with Crippen LogP contribution in [-0.2, 0) is 19.1 Å². The molecule has 7 nitrogen and oxygen atoms in total. The smallest absolute Gasteiger partial charge is 0.306 e. The quantitative estimate of drug-likeness (QED) is 0.226. The molecule has 0 aliphatic heterocycles. The molecular formula is C35H43NO6. The summed E-state index contributed by atoms with van der Waals surface area (Å²) in [5.74, 6) is 5.94. The van der Waals surface area contributed by atoms with E-state index in [1.54, 1.807) is 0 Å². The molecule has 0 amide bonds. The summed E-state index contributed by atoms with van der Waals surface area (Å²) in [5.41, 5.74) is 5.13. The van der Waals surface area contributed by atoms with Crippen molar-refractivity contribution in [2.75, 3.05) is 25.1 Å². The van der Waals surface area contributed by atoms with E-state index < -0.39 is 17.5 Å². The molecule has 5 rings (SSSR count).